The van der Waals surface area contributed by atoms with E-state index < -0.39 is 0 Å². The Labute approximate surface area is 245 Å². The van der Waals surface area contributed by atoms with E-state index in [1.165, 1.54) is 21.9 Å². The summed E-state index contributed by atoms with van der Waals surface area (Å²) in [6.45, 7) is 32.0. The van der Waals surface area contributed by atoms with Gasteiger partial charge in [0.25, 0.3) is 0 Å². The molecule has 0 aliphatic carbocycles. The Balaban J connectivity index is 2.74. The van der Waals surface area contributed by atoms with Gasteiger partial charge in [-0.25, -0.2) is 0 Å². The first-order valence-electron chi connectivity index (χ1n) is 14.7. The number of hydrogen-bond acceptors (Lipinski definition) is 0. The SMILES string of the molecule is CC(C)(C)C(P)(C(c1cccc2ccccc12)C(C)(c1ccccc1)C(P)(C(C)(C)C)C(C)(C)C)C(C)(C)C. The maximum atomic E-state index is 3.51. The zero-order valence-electron chi connectivity index (χ0n) is 27.2. The Morgan fingerprint density at radius 1 is 0.487 bits per heavy atom. The lowest BCUT2D eigenvalue weighted by atomic mass is 9.42. The third-order valence-electron chi connectivity index (χ3n) is 10.2. The van der Waals surface area contributed by atoms with Gasteiger partial charge >= 0.3 is 0 Å². The van der Waals surface area contributed by atoms with Gasteiger partial charge in [-0.15, -0.1) is 18.5 Å². The summed E-state index contributed by atoms with van der Waals surface area (Å²) in [4.78, 5) is 0. The average molecular weight is 563 g/mol. The van der Waals surface area contributed by atoms with Crippen molar-refractivity contribution in [3.63, 3.8) is 0 Å². The number of hydrogen-bond donors (Lipinski definition) is 0. The van der Waals surface area contributed by atoms with Crippen molar-refractivity contribution in [1.29, 1.82) is 0 Å². The highest BCUT2D eigenvalue weighted by molar-refractivity contribution is 7.20. The molecule has 2 heteroatoms. The summed E-state index contributed by atoms with van der Waals surface area (Å²) in [5.41, 5.74) is 2.49. The lowest BCUT2D eigenvalue weighted by molar-refractivity contribution is 0.00197. The van der Waals surface area contributed by atoms with Crippen LogP contribution in [0.25, 0.3) is 10.8 Å². The fourth-order valence-electron chi connectivity index (χ4n) is 8.59. The van der Waals surface area contributed by atoms with Crippen LogP contribution in [0, 0.1) is 21.7 Å². The van der Waals surface area contributed by atoms with E-state index in [9.17, 15) is 0 Å². The second-order valence-electron chi connectivity index (χ2n) is 16.2. The van der Waals surface area contributed by atoms with Crippen LogP contribution in [0.3, 0.4) is 0 Å². The first-order valence-corrected chi connectivity index (χ1v) is 15.8. The highest BCUT2D eigenvalue weighted by Crippen LogP contribution is 2.72. The molecule has 0 amide bonds. The quantitative estimate of drug-likeness (QED) is 0.271. The smallest absolute Gasteiger partial charge is 0.0103 e. The lowest BCUT2D eigenvalue weighted by Crippen LogP contribution is -2.68. The Kier molecular flexibility index (Phi) is 8.49. The van der Waals surface area contributed by atoms with Crippen LogP contribution in [0.5, 0.6) is 0 Å². The zero-order chi connectivity index (χ0) is 29.9. The van der Waals surface area contributed by atoms with Crippen molar-refractivity contribution >= 4 is 29.3 Å². The normalized spacial score (nSPS) is 16.7. The second-order valence-corrected chi connectivity index (χ2v) is 18.0. The van der Waals surface area contributed by atoms with Crippen molar-refractivity contribution in [3.05, 3.63) is 83.9 Å². The Hall–Kier alpha value is -1.22. The molecule has 0 radical (unpaired) electrons. The third-order valence-corrected chi connectivity index (χ3v) is 14.6. The largest absolute Gasteiger partial charge is 0.129 e. The van der Waals surface area contributed by atoms with Crippen molar-refractivity contribution in [3.8, 4) is 0 Å². The van der Waals surface area contributed by atoms with Gasteiger partial charge in [-0.1, -0.05) is 163 Å². The van der Waals surface area contributed by atoms with Crippen molar-refractivity contribution in [2.24, 2.45) is 21.7 Å². The summed E-state index contributed by atoms with van der Waals surface area (Å²) >= 11 is 0. The molecule has 39 heavy (non-hydrogen) atoms. The number of rotatable bonds is 5. The monoisotopic (exact) mass is 562 g/mol. The molecule has 4 unspecified atom stereocenters. The fourth-order valence-corrected chi connectivity index (χ4v) is 9.44. The van der Waals surface area contributed by atoms with E-state index >= 15 is 0 Å². The third kappa shape index (κ3) is 4.95. The van der Waals surface area contributed by atoms with Crippen LogP contribution in [0.4, 0.5) is 0 Å². The first-order chi connectivity index (χ1) is 17.6. The minimum atomic E-state index is -0.276. The molecule has 3 rings (SSSR count). The van der Waals surface area contributed by atoms with Crippen LogP contribution in [-0.4, -0.2) is 10.3 Å². The first kappa shape index (κ1) is 32.3. The van der Waals surface area contributed by atoms with E-state index in [1.807, 2.05) is 0 Å². The molecule has 0 aromatic heterocycles. The lowest BCUT2D eigenvalue weighted by Gasteiger charge is -2.69. The standard InChI is InChI=1S/C37H56P2/c1-31(2,3)36(38,32(4,5)6)30(29-25-19-21-26-20-17-18-24-28(26)29)35(13,27-22-15-14-16-23-27)37(39,33(7,8)9)34(10,11)12/h14-25,30H,38-39H2,1-13H3. The van der Waals surface area contributed by atoms with E-state index in [2.05, 4.69) is 181 Å². The highest BCUT2D eigenvalue weighted by atomic mass is 31.0. The molecule has 3 aromatic rings. The fraction of sp³-hybridized carbons (Fsp3) is 0.568. The molecular formula is C37H56P2. The van der Waals surface area contributed by atoms with Crippen LogP contribution < -0.4 is 0 Å². The van der Waals surface area contributed by atoms with Gasteiger partial charge in [0.1, 0.15) is 0 Å². The maximum absolute atomic E-state index is 3.51. The van der Waals surface area contributed by atoms with Gasteiger partial charge in [0.15, 0.2) is 0 Å². The molecule has 0 bridgehead atoms. The molecule has 0 heterocycles. The molecule has 0 N–H and O–H groups in total. The van der Waals surface area contributed by atoms with Gasteiger partial charge in [-0.05, 0) is 43.6 Å². The van der Waals surface area contributed by atoms with Gasteiger partial charge in [0, 0.05) is 21.6 Å². The summed E-state index contributed by atoms with van der Waals surface area (Å²) in [6.07, 6.45) is 0. The minimum Gasteiger partial charge on any atom is -0.129 e. The van der Waals surface area contributed by atoms with Crippen LogP contribution >= 0.6 is 18.5 Å². The topological polar surface area (TPSA) is 0 Å². The predicted octanol–water partition coefficient (Wildman–Crippen LogP) is 11.3. The van der Waals surface area contributed by atoms with Crippen LogP contribution in [0.2, 0.25) is 0 Å². The summed E-state index contributed by atoms with van der Waals surface area (Å²) in [5, 5.41) is 2.32. The minimum absolute atomic E-state index is 0.0189. The van der Waals surface area contributed by atoms with Crippen LogP contribution in [0.15, 0.2) is 72.8 Å². The van der Waals surface area contributed by atoms with E-state index in [0.717, 1.165) is 0 Å². The van der Waals surface area contributed by atoms with Crippen LogP contribution in [0.1, 0.15) is 107 Å². The van der Waals surface area contributed by atoms with Crippen molar-refractivity contribution < 1.29 is 0 Å². The van der Waals surface area contributed by atoms with Crippen molar-refractivity contribution in [1.82, 2.24) is 0 Å². The summed E-state index contributed by atoms with van der Waals surface area (Å²) in [7, 11) is 7.03. The van der Waals surface area contributed by atoms with Crippen molar-refractivity contribution in [2.75, 3.05) is 0 Å². The van der Waals surface area contributed by atoms with Crippen molar-refractivity contribution in [2.45, 2.75) is 112 Å². The molecule has 0 nitrogen and oxygen atoms in total. The average Bonchev–Trinajstić information content (AvgIpc) is 2.81. The van der Waals surface area contributed by atoms with E-state index in [1.54, 1.807) is 0 Å². The zero-order valence-corrected chi connectivity index (χ0v) is 29.5. The van der Waals surface area contributed by atoms with Gasteiger partial charge in [-0.3, -0.25) is 0 Å². The molecule has 0 aliphatic rings. The summed E-state index contributed by atoms with van der Waals surface area (Å²) in [6, 6.07) is 27.4. The number of benzene rings is 3. The Morgan fingerprint density at radius 3 is 1.38 bits per heavy atom. The molecule has 0 fully saturated rings. The van der Waals surface area contributed by atoms with Gasteiger partial charge in [-0.2, -0.15) is 0 Å². The van der Waals surface area contributed by atoms with E-state index in [0.29, 0.717) is 0 Å². The van der Waals surface area contributed by atoms with Gasteiger partial charge < -0.3 is 0 Å². The van der Waals surface area contributed by atoms with Crippen LogP contribution in [-0.2, 0) is 5.41 Å². The summed E-state index contributed by atoms with van der Waals surface area (Å²) in [5.74, 6) is 0.166. The van der Waals surface area contributed by atoms with E-state index in [-0.39, 0.29) is 43.3 Å². The molecular weight excluding hydrogens is 506 g/mol. The molecule has 3 aromatic carbocycles. The Bertz CT molecular complexity index is 1240. The van der Waals surface area contributed by atoms with Gasteiger partial charge in [0.2, 0.25) is 0 Å². The van der Waals surface area contributed by atoms with Gasteiger partial charge in [0.05, 0.1) is 0 Å². The van der Waals surface area contributed by atoms with E-state index in [4.69, 9.17) is 0 Å². The molecule has 4 atom stereocenters. The highest BCUT2D eigenvalue weighted by Gasteiger charge is 2.67. The molecule has 214 valence electrons. The maximum Gasteiger partial charge on any atom is 0.0103 e. The number of fused-ring (bicyclic) bond motifs is 1. The molecule has 0 spiro atoms. The summed E-state index contributed by atoms with van der Waals surface area (Å²) < 4.78 is 0. The Morgan fingerprint density at radius 2 is 0.923 bits per heavy atom. The second kappa shape index (κ2) is 10.2. The molecule has 0 saturated carbocycles. The predicted molar refractivity (Wildman–Crippen MR) is 183 cm³/mol. The molecule has 0 saturated heterocycles. The molecule has 0 aliphatic heterocycles.